The molecule has 1 fully saturated rings. The van der Waals surface area contributed by atoms with Crippen LogP contribution in [0, 0.1) is 12.8 Å². The Hall–Kier alpha value is -1.95. The maximum absolute atomic E-state index is 6.13. The van der Waals surface area contributed by atoms with Crippen molar-refractivity contribution in [2.45, 2.75) is 26.3 Å². The number of aromatic amines is 1. The molecule has 0 bridgehead atoms. The first-order chi connectivity index (χ1) is 9.63. The summed E-state index contributed by atoms with van der Waals surface area (Å²) in [7, 11) is 0. The molecule has 2 atom stereocenters. The number of aryl methyl sites for hydroxylation is 1. The summed E-state index contributed by atoms with van der Waals surface area (Å²) < 4.78 is 0. The quantitative estimate of drug-likeness (QED) is 0.862. The molecule has 3 rings (SSSR count). The van der Waals surface area contributed by atoms with Gasteiger partial charge in [0.15, 0.2) is 5.82 Å². The Kier molecular flexibility index (Phi) is 3.40. The highest BCUT2D eigenvalue weighted by molar-refractivity contribution is 5.55. The molecule has 0 amide bonds. The number of pyridine rings is 1. The van der Waals surface area contributed by atoms with Crippen molar-refractivity contribution in [3.8, 4) is 11.4 Å². The Morgan fingerprint density at radius 1 is 1.40 bits per heavy atom. The third-order valence-electron chi connectivity index (χ3n) is 3.92. The van der Waals surface area contributed by atoms with E-state index in [1.165, 1.54) is 0 Å². The number of aromatic nitrogens is 4. The maximum atomic E-state index is 6.13. The lowest BCUT2D eigenvalue weighted by Crippen LogP contribution is -2.48. The molecule has 3 N–H and O–H groups in total. The van der Waals surface area contributed by atoms with Gasteiger partial charge >= 0.3 is 0 Å². The molecule has 2 aromatic rings. The summed E-state index contributed by atoms with van der Waals surface area (Å²) in [5.41, 5.74) is 8.19. The van der Waals surface area contributed by atoms with Gasteiger partial charge in [-0.3, -0.25) is 10.1 Å². The summed E-state index contributed by atoms with van der Waals surface area (Å²) in [5, 5.41) is 7.30. The number of anilines is 1. The van der Waals surface area contributed by atoms with Gasteiger partial charge in [0.1, 0.15) is 0 Å². The molecule has 0 aliphatic carbocycles. The minimum Gasteiger partial charge on any atom is -0.338 e. The van der Waals surface area contributed by atoms with Gasteiger partial charge in [0, 0.05) is 37.1 Å². The molecule has 1 saturated heterocycles. The molecule has 1 aliphatic rings. The fourth-order valence-corrected chi connectivity index (χ4v) is 2.49. The van der Waals surface area contributed by atoms with E-state index in [0.717, 1.165) is 42.4 Å². The van der Waals surface area contributed by atoms with Crippen LogP contribution < -0.4 is 10.6 Å². The van der Waals surface area contributed by atoms with E-state index in [1.54, 1.807) is 6.20 Å². The van der Waals surface area contributed by atoms with Crippen LogP contribution in [0.4, 0.5) is 5.95 Å². The van der Waals surface area contributed by atoms with Crippen LogP contribution in [0.25, 0.3) is 11.4 Å². The van der Waals surface area contributed by atoms with E-state index in [2.05, 4.69) is 32.0 Å². The van der Waals surface area contributed by atoms with Gasteiger partial charge in [-0.25, -0.2) is 0 Å². The molecule has 20 heavy (non-hydrogen) atoms. The first-order valence-electron chi connectivity index (χ1n) is 6.98. The van der Waals surface area contributed by atoms with E-state index < -0.39 is 0 Å². The zero-order valence-electron chi connectivity index (χ0n) is 11.9. The number of hydrogen-bond donors (Lipinski definition) is 2. The molecule has 0 spiro atoms. The highest BCUT2D eigenvalue weighted by Gasteiger charge is 2.25. The van der Waals surface area contributed by atoms with Gasteiger partial charge < -0.3 is 10.6 Å². The van der Waals surface area contributed by atoms with Crippen LogP contribution in [0.15, 0.2) is 18.5 Å². The smallest absolute Gasteiger partial charge is 0.245 e. The minimum atomic E-state index is 0.186. The van der Waals surface area contributed by atoms with Crippen molar-refractivity contribution in [2.24, 2.45) is 11.7 Å². The number of piperidine rings is 1. The molecule has 2 unspecified atom stereocenters. The predicted molar refractivity (Wildman–Crippen MR) is 78.3 cm³/mol. The van der Waals surface area contributed by atoms with E-state index in [9.17, 15) is 0 Å². The molecule has 0 aromatic carbocycles. The summed E-state index contributed by atoms with van der Waals surface area (Å²) in [6.07, 6.45) is 4.70. The van der Waals surface area contributed by atoms with E-state index in [0.29, 0.717) is 5.92 Å². The Morgan fingerprint density at radius 2 is 2.25 bits per heavy atom. The molecule has 3 heterocycles. The molecule has 6 nitrogen and oxygen atoms in total. The lowest BCUT2D eigenvalue weighted by Gasteiger charge is -2.34. The third-order valence-corrected chi connectivity index (χ3v) is 3.92. The van der Waals surface area contributed by atoms with Crippen molar-refractivity contribution >= 4 is 5.95 Å². The van der Waals surface area contributed by atoms with Gasteiger partial charge in [-0.1, -0.05) is 6.92 Å². The molecule has 0 radical (unpaired) electrons. The fourth-order valence-electron chi connectivity index (χ4n) is 2.49. The van der Waals surface area contributed by atoms with Crippen LogP contribution in [-0.2, 0) is 0 Å². The zero-order valence-corrected chi connectivity index (χ0v) is 11.9. The van der Waals surface area contributed by atoms with Gasteiger partial charge in [0.2, 0.25) is 5.95 Å². The zero-order chi connectivity index (χ0) is 14.1. The SMILES string of the molecule is Cc1cncc(-c2nc(N3CCC(C)C(N)C3)n[nH]2)c1. The normalized spacial score (nSPS) is 23.1. The second kappa shape index (κ2) is 5.20. The Labute approximate surface area is 118 Å². The van der Waals surface area contributed by atoms with E-state index >= 15 is 0 Å². The largest absolute Gasteiger partial charge is 0.338 e. The van der Waals surface area contributed by atoms with E-state index in [1.807, 2.05) is 19.2 Å². The van der Waals surface area contributed by atoms with E-state index in [4.69, 9.17) is 5.73 Å². The lowest BCUT2D eigenvalue weighted by atomic mass is 9.95. The van der Waals surface area contributed by atoms with Gasteiger partial charge in [0.05, 0.1) is 0 Å². The highest BCUT2D eigenvalue weighted by atomic mass is 15.4. The van der Waals surface area contributed by atoms with Crippen LogP contribution in [0.2, 0.25) is 0 Å². The molecule has 6 heteroatoms. The van der Waals surface area contributed by atoms with Crippen LogP contribution in [0.5, 0.6) is 0 Å². The number of nitrogens with one attached hydrogen (secondary N) is 1. The van der Waals surface area contributed by atoms with Crippen LogP contribution in [0.1, 0.15) is 18.9 Å². The molecule has 1 aliphatic heterocycles. The van der Waals surface area contributed by atoms with Crippen LogP contribution in [0.3, 0.4) is 0 Å². The monoisotopic (exact) mass is 272 g/mol. The fraction of sp³-hybridized carbons (Fsp3) is 0.500. The number of rotatable bonds is 2. The molecule has 2 aromatic heterocycles. The lowest BCUT2D eigenvalue weighted by molar-refractivity contribution is 0.376. The molecule has 0 saturated carbocycles. The molecular weight excluding hydrogens is 252 g/mol. The van der Waals surface area contributed by atoms with Gasteiger partial charge in [-0.2, -0.15) is 4.98 Å². The Morgan fingerprint density at radius 3 is 3.00 bits per heavy atom. The third kappa shape index (κ3) is 2.51. The predicted octanol–water partition coefficient (Wildman–Crippen LogP) is 1.35. The Bertz CT molecular complexity index is 593. The summed E-state index contributed by atoms with van der Waals surface area (Å²) >= 11 is 0. The average Bonchev–Trinajstić information content (AvgIpc) is 2.92. The standard InChI is InChI=1S/C14H20N6/c1-9-5-11(7-16-6-9)13-17-14(19-18-13)20-4-3-10(2)12(15)8-20/h5-7,10,12H,3-4,8,15H2,1-2H3,(H,17,18,19). The van der Waals surface area contributed by atoms with Crippen LogP contribution in [-0.4, -0.2) is 39.3 Å². The Balaban J connectivity index is 1.80. The maximum Gasteiger partial charge on any atom is 0.245 e. The summed E-state index contributed by atoms with van der Waals surface area (Å²) in [5.74, 6) is 2.04. The molecular formula is C14H20N6. The first-order valence-corrected chi connectivity index (χ1v) is 6.98. The van der Waals surface area contributed by atoms with E-state index in [-0.39, 0.29) is 6.04 Å². The average molecular weight is 272 g/mol. The van der Waals surface area contributed by atoms with Crippen molar-refractivity contribution in [3.63, 3.8) is 0 Å². The topological polar surface area (TPSA) is 83.7 Å². The number of hydrogen-bond acceptors (Lipinski definition) is 5. The second-order valence-electron chi connectivity index (χ2n) is 5.61. The van der Waals surface area contributed by atoms with Gasteiger partial charge in [-0.05, 0) is 30.9 Å². The van der Waals surface area contributed by atoms with Gasteiger partial charge in [-0.15, -0.1) is 5.10 Å². The second-order valence-corrected chi connectivity index (χ2v) is 5.61. The summed E-state index contributed by atoms with van der Waals surface area (Å²) in [4.78, 5) is 10.9. The van der Waals surface area contributed by atoms with Crippen molar-refractivity contribution in [2.75, 3.05) is 18.0 Å². The number of nitrogens with two attached hydrogens (primary N) is 1. The molecule has 106 valence electrons. The number of nitrogens with zero attached hydrogens (tertiary/aromatic N) is 4. The highest BCUT2D eigenvalue weighted by Crippen LogP contribution is 2.22. The van der Waals surface area contributed by atoms with Crippen molar-refractivity contribution in [1.82, 2.24) is 20.2 Å². The minimum absolute atomic E-state index is 0.186. The summed E-state index contributed by atoms with van der Waals surface area (Å²) in [6, 6.07) is 2.23. The number of H-pyrrole nitrogens is 1. The van der Waals surface area contributed by atoms with Crippen molar-refractivity contribution < 1.29 is 0 Å². The summed E-state index contributed by atoms with van der Waals surface area (Å²) in [6.45, 7) is 5.98. The van der Waals surface area contributed by atoms with Gasteiger partial charge in [0.25, 0.3) is 0 Å². The van der Waals surface area contributed by atoms with Crippen molar-refractivity contribution in [1.29, 1.82) is 0 Å². The van der Waals surface area contributed by atoms with Crippen LogP contribution >= 0.6 is 0 Å². The first kappa shape index (κ1) is 13.1. The van der Waals surface area contributed by atoms with Crippen molar-refractivity contribution in [3.05, 3.63) is 24.0 Å².